The Kier molecular flexibility index (Phi) is 5.01. The maximum absolute atomic E-state index is 14.0. The van der Waals surface area contributed by atoms with E-state index in [1.807, 2.05) is 13.8 Å². The highest BCUT2D eigenvalue weighted by Gasteiger charge is 2.19. The predicted molar refractivity (Wildman–Crippen MR) is 76.9 cm³/mol. The number of benzene rings is 1. The molecule has 0 saturated heterocycles. The Morgan fingerprint density at radius 3 is 2.67 bits per heavy atom. The van der Waals surface area contributed by atoms with Gasteiger partial charge in [0.1, 0.15) is 11.6 Å². The van der Waals surface area contributed by atoms with Crippen LogP contribution in [0.1, 0.15) is 36.6 Å². The first kappa shape index (κ1) is 15.6. The Morgan fingerprint density at radius 1 is 1.29 bits per heavy atom. The molecule has 0 aliphatic heterocycles. The second-order valence-corrected chi connectivity index (χ2v) is 5.04. The summed E-state index contributed by atoms with van der Waals surface area (Å²) >= 11 is 0. The molecular formula is C15H20F2N4. The van der Waals surface area contributed by atoms with Crippen molar-refractivity contribution in [2.75, 3.05) is 6.54 Å². The molecule has 0 aliphatic carbocycles. The summed E-state index contributed by atoms with van der Waals surface area (Å²) in [6.07, 6.45) is 0.906. The number of halogens is 2. The van der Waals surface area contributed by atoms with Crippen LogP contribution in [-0.4, -0.2) is 21.3 Å². The maximum Gasteiger partial charge on any atom is 0.163 e. The lowest BCUT2D eigenvalue weighted by atomic mass is 10.1. The normalized spacial score (nSPS) is 12.6. The highest BCUT2D eigenvalue weighted by molar-refractivity contribution is 5.22. The summed E-state index contributed by atoms with van der Waals surface area (Å²) in [6.45, 7) is 6.80. The molecule has 4 nitrogen and oxygen atoms in total. The van der Waals surface area contributed by atoms with Gasteiger partial charge in [-0.15, -0.1) is 0 Å². The maximum atomic E-state index is 14.0. The van der Waals surface area contributed by atoms with Crippen molar-refractivity contribution in [3.63, 3.8) is 0 Å². The van der Waals surface area contributed by atoms with Gasteiger partial charge in [0.2, 0.25) is 0 Å². The van der Waals surface area contributed by atoms with Crippen molar-refractivity contribution in [3.8, 4) is 0 Å². The Morgan fingerprint density at radius 2 is 2.05 bits per heavy atom. The van der Waals surface area contributed by atoms with Gasteiger partial charge < -0.3 is 5.32 Å². The fourth-order valence-electron chi connectivity index (χ4n) is 2.29. The Labute approximate surface area is 123 Å². The molecule has 0 saturated carbocycles. The topological polar surface area (TPSA) is 42.7 Å². The number of nitrogens with one attached hydrogen (secondary N) is 1. The molecule has 0 aliphatic rings. The fourth-order valence-corrected chi connectivity index (χ4v) is 2.29. The van der Waals surface area contributed by atoms with E-state index in [0.717, 1.165) is 18.3 Å². The Balaban J connectivity index is 2.29. The summed E-state index contributed by atoms with van der Waals surface area (Å²) in [4.78, 5) is 4.23. The second kappa shape index (κ2) is 6.76. The van der Waals surface area contributed by atoms with Crippen molar-refractivity contribution >= 4 is 0 Å². The lowest BCUT2D eigenvalue weighted by molar-refractivity contribution is 0.406. The van der Waals surface area contributed by atoms with Crippen LogP contribution in [0.15, 0.2) is 18.2 Å². The number of aromatic nitrogens is 3. The third-order valence-electron chi connectivity index (χ3n) is 3.32. The van der Waals surface area contributed by atoms with E-state index < -0.39 is 11.6 Å². The molecule has 1 aromatic carbocycles. The molecule has 21 heavy (non-hydrogen) atoms. The third kappa shape index (κ3) is 3.64. The van der Waals surface area contributed by atoms with Crippen LogP contribution in [0.4, 0.5) is 8.78 Å². The first-order valence-corrected chi connectivity index (χ1v) is 7.08. The van der Waals surface area contributed by atoms with Crippen molar-refractivity contribution < 1.29 is 8.78 Å². The minimum atomic E-state index is -0.831. The van der Waals surface area contributed by atoms with Gasteiger partial charge >= 0.3 is 0 Å². The average molecular weight is 294 g/mol. The van der Waals surface area contributed by atoms with Gasteiger partial charge in [0.25, 0.3) is 0 Å². The van der Waals surface area contributed by atoms with E-state index >= 15 is 0 Å². The molecule has 2 aromatic rings. The van der Waals surface area contributed by atoms with Crippen LogP contribution < -0.4 is 5.32 Å². The van der Waals surface area contributed by atoms with Crippen LogP contribution >= 0.6 is 0 Å². The summed E-state index contributed by atoms with van der Waals surface area (Å²) < 4.78 is 29.2. The zero-order valence-corrected chi connectivity index (χ0v) is 12.5. The molecule has 0 fully saturated rings. The molecule has 2 rings (SSSR count). The van der Waals surface area contributed by atoms with Crippen molar-refractivity contribution in [1.29, 1.82) is 0 Å². The molecule has 1 aromatic heterocycles. The number of aryl methyl sites for hydroxylation is 2. The molecule has 0 spiro atoms. The average Bonchev–Trinajstić information content (AvgIpc) is 2.76. The highest BCUT2D eigenvalue weighted by Crippen LogP contribution is 2.21. The van der Waals surface area contributed by atoms with Gasteiger partial charge in [-0.25, -0.2) is 18.4 Å². The lowest BCUT2D eigenvalue weighted by Crippen LogP contribution is -2.28. The molecule has 0 amide bonds. The highest BCUT2D eigenvalue weighted by atomic mass is 19.2. The van der Waals surface area contributed by atoms with Crippen molar-refractivity contribution in [3.05, 3.63) is 47.0 Å². The number of hydrogen-bond donors (Lipinski definition) is 1. The summed E-state index contributed by atoms with van der Waals surface area (Å²) in [5, 5.41) is 7.53. The van der Waals surface area contributed by atoms with E-state index in [1.165, 1.54) is 6.07 Å². The van der Waals surface area contributed by atoms with E-state index in [1.54, 1.807) is 17.7 Å². The van der Waals surface area contributed by atoms with Gasteiger partial charge in [-0.2, -0.15) is 5.10 Å². The minimum Gasteiger partial charge on any atom is -0.308 e. The quantitative estimate of drug-likeness (QED) is 0.891. The Bertz CT molecular complexity index is 610. The van der Waals surface area contributed by atoms with Crippen LogP contribution in [0.2, 0.25) is 0 Å². The molecule has 1 unspecified atom stereocenters. The SMILES string of the molecule is CCCNC(Cn1nc(C)nc1C)c1cccc(F)c1F. The van der Waals surface area contributed by atoms with E-state index in [9.17, 15) is 8.78 Å². The van der Waals surface area contributed by atoms with Crippen LogP contribution in [0, 0.1) is 25.5 Å². The molecular weight excluding hydrogens is 274 g/mol. The molecule has 0 bridgehead atoms. The van der Waals surface area contributed by atoms with Gasteiger partial charge in [0, 0.05) is 5.56 Å². The van der Waals surface area contributed by atoms with E-state index in [4.69, 9.17) is 0 Å². The summed E-state index contributed by atoms with van der Waals surface area (Å²) in [5.41, 5.74) is 0.316. The minimum absolute atomic E-state index is 0.316. The predicted octanol–water partition coefficient (Wildman–Crippen LogP) is 2.91. The molecule has 1 atom stereocenters. The van der Waals surface area contributed by atoms with Gasteiger partial charge in [-0.05, 0) is 32.9 Å². The zero-order chi connectivity index (χ0) is 15.4. The smallest absolute Gasteiger partial charge is 0.163 e. The van der Waals surface area contributed by atoms with E-state index in [0.29, 0.717) is 24.5 Å². The molecule has 114 valence electrons. The number of hydrogen-bond acceptors (Lipinski definition) is 3. The van der Waals surface area contributed by atoms with Crippen LogP contribution in [-0.2, 0) is 6.54 Å². The Hall–Kier alpha value is -1.82. The van der Waals surface area contributed by atoms with Crippen molar-refractivity contribution in [2.24, 2.45) is 0 Å². The summed E-state index contributed by atoms with van der Waals surface area (Å²) in [5.74, 6) is -0.211. The number of rotatable bonds is 6. The monoisotopic (exact) mass is 294 g/mol. The first-order chi connectivity index (χ1) is 10.0. The summed E-state index contributed by atoms with van der Waals surface area (Å²) in [7, 11) is 0. The molecule has 0 radical (unpaired) electrons. The first-order valence-electron chi connectivity index (χ1n) is 7.08. The number of nitrogens with zero attached hydrogens (tertiary/aromatic N) is 3. The zero-order valence-electron chi connectivity index (χ0n) is 12.5. The lowest BCUT2D eigenvalue weighted by Gasteiger charge is -2.20. The van der Waals surface area contributed by atoms with Crippen molar-refractivity contribution in [1.82, 2.24) is 20.1 Å². The van der Waals surface area contributed by atoms with Gasteiger partial charge in [-0.3, -0.25) is 0 Å². The second-order valence-electron chi connectivity index (χ2n) is 5.04. The van der Waals surface area contributed by atoms with Gasteiger partial charge in [0.15, 0.2) is 11.6 Å². The van der Waals surface area contributed by atoms with Gasteiger partial charge in [-0.1, -0.05) is 19.1 Å². The van der Waals surface area contributed by atoms with Crippen LogP contribution in [0.3, 0.4) is 0 Å². The largest absolute Gasteiger partial charge is 0.308 e. The van der Waals surface area contributed by atoms with Crippen LogP contribution in [0.25, 0.3) is 0 Å². The van der Waals surface area contributed by atoms with Gasteiger partial charge in [0.05, 0.1) is 12.6 Å². The standard InChI is InChI=1S/C15H20F2N4/c1-4-8-18-14(9-21-11(3)19-10(2)20-21)12-6-5-7-13(16)15(12)17/h5-7,14,18H,4,8-9H2,1-3H3. The van der Waals surface area contributed by atoms with E-state index in [-0.39, 0.29) is 6.04 Å². The molecule has 6 heteroatoms. The van der Waals surface area contributed by atoms with Crippen molar-refractivity contribution in [2.45, 2.75) is 39.8 Å². The fraction of sp³-hybridized carbons (Fsp3) is 0.467. The third-order valence-corrected chi connectivity index (χ3v) is 3.32. The molecule has 1 N–H and O–H groups in total. The summed E-state index contributed by atoms with van der Waals surface area (Å²) in [6, 6.07) is 3.90. The molecule has 1 heterocycles. The van der Waals surface area contributed by atoms with Crippen LogP contribution in [0.5, 0.6) is 0 Å². The van der Waals surface area contributed by atoms with E-state index in [2.05, 4.69) is 15.4 Å².